The van der Waals surface area contributed by atoms with E-state index in [4.69, 9.17) is 14.2 Å². The molecule has 0 aliphatic carbocycles. The van der Waals surface area contributed by atoms with Crippen LogP contribution >= 0.6 is 0 Å². The van der Waals surface area contributed by atoms with E-state index in [-0.39, 0.29) is 37.2 Å². The third kappa shape index (κ3) is 6.99. The van der Waals surface area contributed by atoms with Gasteiger partial charge in [0.1, 0.15) is 6.04 Å². The van der Waals surface area contributed by atoms with Crippen molar-refractivity contribution in [2.75, 3.05) is 58.0 Å². The number of carbonyl (C=O) groups is 4. The molecule has 34 heavy (non-hydrogen) atoms. The zero-order chi connectivity index (χ0) is 24.3. The van der Waals surface area contributed by atoms with Gasteiger partial charge in [-0.25, -0.2) is 0 Å². The van der Waals surface area contributed by atoms with Crippen molar-refractivity contribution < 1.29 is 33.4 Å². The second-order valence-electron chi connectivity index (χ2n) is 7.86. The number of nitrogens with zero attached hydrogens (tertiary/aromatic N) is 1. The molecule has 1 fully saturated rings. The van der Waals surface area contributed by atoms with Gasteiger partial charge in [0, 0.05) is 42.9 Å². The van der Waals surface area contributed by atoms with E-state index >= 15 is 0 Å². The lowest BCUT2D eigenvalue weighted by Gasteiger charge is -2.29. The molecule has 11 nitrogen and oxygen atoms in total. The molecule has 0 spiro atoms. The van der Waals surface area contributed by atoms with Gasteiger partial charge in [-0.05, 0) is 25.5 Å². The first-order chi connectivity index (χ1) is 16.5. The number of anilines is 1. The molecular weight excluding hydrogens is 444 g/mol. The highest BCUT2D eigenvalue weighted by molar-refractivity contribution is 6.06. The fraction of sp³-hybridized carbons (Fsp3) is 0.565. The summed E-state index contributed by atoms with van der Waals surface area (Å²) in [6, 6.07) is 4.55. The van der Waals surface area contributed by atoms with Crippen LogP contribution in [0.25, 0.3) is 0 Å². The van der Waals surface area contributed by atoms with Gasteiger partial charge >= 0.3 is 0 Å². The zero-order valence-electron chi connectivity index (χ0n) is 19.4. The number of nitrogens with one attached hydrogen (secondary N) is 3. The Morgan fingerprint density at radius 3 is 2.56 bits per heavy atom. The SMILES string of the molecule is CCOCCOCCOCCNC(=O)CNc1cccc2c1CN([C@H]1CCC(=O)NC1=O)C2=O. The number of imide groups is 1. The molecule has 1 atom stereocenters. The van der Waals surface area contributed by atoms with Crippen molar-refractivity contribution in [1.29, 1.82) is 0 Å². The van der Waals surface area contributed by atoms with Crippen LogP contribution in [0.1, 0.15) is 35.7 Å². The van der Waals surface area contributed by atoms with Gasteiger partial charge in [0.25, 0.3) is 5.91 Å². The van der Waals surface area contributed by atoms with E-state index in [1.54, 1.807) is 18.2 Å². The predicted octanol–water partition coefficient (Wildman–Crippen LogP) is 0.0454. The molecule has 2 aliphatic heterocycles. The highest BCUT2D eigenvalue weighted by atomic mass is 16.5. The van der Waals surface area contributed by atoms with Crippen LogP contribution < -0.4 is 16.0 Å². The summed E-state index contributed by atoms with van der Waals surface area (Å²) in [5, 5.41) is 8.13. The van der Waals surface area contributed by atoms with Gasteiger partial charge < -0.3 is 29.7 Å². The van der Waals surface area contributed by atoms with Gasteiger partial charge in [0.05, 0.1) is 39.6 Å². The number of piperidine rings is 1. The van der Waals surface area contributed by atoms with Crippen molar-refractivity contribution in [1.82, 2.24) is 15.5 Å². The third-order valence-electron chi connectivity index (χ3n) is 5.54. The third-order valence-corrected chi connectivity index (χ3v) is 5.54. The van der Waals surface area contributed by atoms with E-state index in [0.717, 1.165) is 5.56 Å². The van der Waals surface area contributed by atoms with Gasteiger partial charge in [-0.3, -0.25) is 24.5 Å². The first kappa shape index (κ1) is 25.6. The summed E-state index contributed by atoms with van der Waals surface area (Å²) in [7, 11) is 0. The Morgan fingerprint density at radius 2 is 1.82 bits per heavy atom. The van der Waals surface area contributed by atoms with E-state index < -0.39 is 11.9 Å². The Morgan fingerprint density at radius 1 is 1.09 bits per heavy atom. The Bertz CT molecular complexity index is 892. The molecule has 0 unspecified atom stereocenters. The average Bonchev–Trinajstić information content (AvgIpc) is 3.15. The molecule has 3 N–H and O–H groups in total. The van der Waals surface area contributed by atoms with Crippen LogP contribution in [0.3, 0.4) is 0 Å². The summed E-state index contributed by atoms with van der Waals surface area (Å²) >= 11 is 0. The Kier molecular flexibility index (Phi) is 9.80. The molecule has 3 rings (SSSR count). The van der Waals surface area contributed by atoms with Gasteiger partial charge in [-0.2, -0.15) is 0 Å². The van der Waals surface area contributed by atoms with Crippen LogP contribution in [-0.4, -0.2) is 87.3 Å². The maximum Gasteiger partial charge on any atom is 0.255 e. The minimum atomic E-state index is -0.677. The molecule has 0 radical (unpaired) electrons. The molecule has 2 heterocycles. The van der Waals surface area contributed by atoms with Crippen molar-refractivity contribution in [2.24, 2.45) is 0 Å². The molecule has 0 bridgehead atoms. The number of fused-ring (bicyclic) bond motifs is 1. The summed E-state index contributed by atoms with van der Waals surface area (Å²) in [6.07, 6.45) is 0.503. The molecule has 0 aromatic heterocycles. The summed E-state index contributed by atoms with van der Waals surface area (Å²) in [4.78, 5) is 50.1. The van der Waals surface area contributed by atoms with E-state index in [1.165, 1.54) is 4.90 Å². The van der Waals surface area contributed by atoms with Crippen LogP contribution in [0.4, 0.5) is 5.69 Å². The molecule has 1 aromatic carbocycles. The quantitative estimate of drug-likeness (QED) is 0.253. The largest absolute Gasteiger partial charge is 0.379 e. The van der Waals surface area contributed by atoms with Crippen molar-refractivity contribution in [3.63, 3.8) is 0 Å². The number of hydrogen-bond acceptors (Lipinski definition) is 8. The Hall–Kier alpha value is -3.02. The van der Waals surface area contributed by atoms with Crippen LogP contribution in [0.5, 0.6) is 0 Å². The van der Waals surface area contributed by atoms with Crippen molar-refractivity contribution >= 4 is 29.3 Å². The minimum absolute atomic E-state index is 0.0313. The lowest BCUT2D eigenvalue weighted by atomic mass is 10.0. The predicted molar refractivity (Wildman–Crippen MR) is 122 cm³/mol. The van der Waals surface area contributed by atoms with Gasteiger partial charge in [0.2, 0.25) is 17.7 Å². The summed E-state index contributed by atoms with van der Waals surface area (Å²) < 4.78 is 15.9. The summed E-state index contributed by atoms with van der Waals surface area (Å²) in [6.45, 7) is 5.61. The first-order valence-electron chi connectivity index (χ1n) is 11.5. The molecular formula is C23H32N4O7. The van der Waals surface area contributed by atoms with E-state index in [1.807, 2.05) is 6.92 Å². The van der Waals surface area contributed by atoms with Gasteiger partial charge in [-0.15, -0.1) is 0 Å². The Labute approximate surface area is 198 Å². The normalized spacial score (nSPS) is 17.5. The van der Waals surface area contributed by atoms with Crippen LogP contribution in [-0.2, 0) is 35.1 Å². The van der Waals surface area contributed by atoms with E-state index in [0.29, 0.717) is 63.9 Å². The van der Waals surface area contributed by atoms with Gasteiger partial charge in [-0.1, -0.05) is 6.07 Å². The molecule has 11 heteroatoms. The first-order valence-corrected chi connectivity index (χ1v) is 11.5. The number of rotatable bonds is 14. The molecule has 4 amide bonds. The lowest BCUT2D eigenvalue weighted by Crippen LogP contribution is -2.52. The number of ether oxygens (including phenoxy) is 3. The number of carbonyl (C=O) groups excluding carboxylic acids is 4. The fourth-order valence-corrected chi connectivity index (χ4v) is 3.84. The number of amides is 4. The molecule has 1 saturated heterocycles. The highest BCUT2D eigenvalue weighted by Crippen LogP contribution is 2.32. The van der Waals surface area contributed by atoms with E-state index in [9.17, 15) is 19.2 Å². The lowest BCUT2D eigenvalue weighted by molar-refractivity contribution is -0.137. The van der Waals surface area contributed by atoms with Crippen LogP contribution in [0, 0.1) is 0 Å². The smallest absolute Gasteiger partial charge is 0.255 e. The van der Waals surface area contributed by atoms with Crippen molar-refractivity contribution in [3.05, 3.63) is 29.3 Å². The second-order valence-corrected chi connectivity index (χ2v) is 7.86. The molecule has 1 aromatic rings. The maximum atomic E-state index is 12.9. The van der Waals surface area contributed by atoms with Crippen molar-refractivity contribution in [3.8, 4) is 0 Å². The average molecular weight is 477 g/mol. The zero-order valence-corrected chi connectivity index (χ0v) is 19.4. The summed E-state index contributed by atoms with van der Waals surface area (Å²) in [5.74, 6) is -1.24. The van der Waals surface area contributed by atoms with Gasteiger partial charge in [0.15, 0.2) is 0 Å². The second kappa shape index (κ2) is 13.0. The van der Waals surface area contributed by atoms with Crippen LogP contribution in [0.2, 0.25) is 0 Å². The minimum Gasteiger partial charge on any atom is -0.379 e. The maximum absolute atomic E-state index is 12.9. The number of benzene rings is 1. The van der Waals surface area contributed by atoms with E-state index in [2.05, 4.69) is 16.0 Å². The highest BCUT2D eigenvalue weighted by Gasteiger charge is 2.39. The topological polar surface area (TPSA) is 135 Å². The monoisotopic (exact) mass is 476 g/mol. The molecule has 0 saturated carbocycles. The standard InChI is InChI=1S/C23H32N4O7/c1-2-32-10-11-34-13-12-33-9-8-24-21(29)14-25-18-5-3-4-16-17(18)15-27(23(16)31)19-6-7-20(28)26-22(19)30/h3-5,19,25H,2,6-15H2,1H3,(H,24,29)(H,26,28,30)/t19-/m0/s1. The van der Waals surface area contributed by atoms with Crippen LogP contribution in [0.15, 0.2) is 18.2 Å². The molecule has 186 valence electrons. The number of hydrogen-bond donors (Lipinski definition) is 3. The Balaban J connectivity index is 1.38. The molecule has 2 aliphatic rings. The fourth-order valence-electron chi connectivity index (χ4n) is 3.84. The van der Waals surface area contributed by atoms with Crippen molar-refractivity contribution in [2.45, 2.75) is 32.4 Å². The summed E-state index contributed by atoms with van der Waals surface area (Å²) in [5.41, 5.74) is 1.89.